The number of fused-ring (bicyclic) bond motifs is 1. The molecule has 2 radical (unpaired) electrons. The van der Waals surface area contributed by atoms with Gasteiger partial charge >= 0.3 is 0 Å². The van der Waals surface area contributed by atoms with Gasteiger partial charge in [-0.15, -0.1) is 11.3 Å². The van der Waals surface area contributed by atoms with E-state index < -0.39 is 0 Å². The number of hydrogen-bond donors (Lipinski definition) is 0. The lowest BCUT2D eigenvalue weighted by Crippen LogP contribution is -1.98. The van der Waals surface area contributed by atoms with Crippen molar-refractivity contribution in [2.75, 3.05) is 0 Å². The van der Waals surface area contributed by atoms with E-state index in [2.05, 4.69) is 17.1 Å². The molecule has 0 saturated heterocycles. The molecule has 1 heterocycles. The summed E-state index contributed by atoms with van der Waals surface area (Å²) in [5.74, 6) is 0. The van der Waals surface area contributed by atoms with Gasteiger partial charge in [0.05, 0.1) is 10.2 Å². The second kappa shape index (κ2) is 3.76. The Bertz CT molecular complexity index is 631. The fourth-order valence-corrected chi connectivity index (χ4v) is 2.66. The lowest BCUT2D eigenvalue weighted by Gasteiger charge is -1.92. The van der Waals surface area contributed by atoms with Gasteiger partial charge in [-0.05, 0) is 12.1 Å². The largest absolute Gasteiger partial charge is 0.236 e. The summed E-state index contributed by atoms with van der Waals surface area (Å²) in [6.07, 6.45) is 0. The molecule has 3 heteroatoms. The van der Waals surface area contributed by atoms with Crippen molar-refractivity contribution in [2.24, 2.45) is 0 Å². The summed E-state index contributed by atoms with van der Waals surface area (Å²) >= 11 is 1.67. The molecule has 0 saturated carbocycles. The normalized spacial score (nSPS) is 10.8. The summed E-state index contributed by atoms with van der Waals surface area (Å²) in [6.45, 7) is 0. The van der Waals surface area contributed by atoms with Crippen LogP contribution in [0.2, 0.25) is 0 Å². The molecular formula is C13H8BNS. The molecule has 74 valence electrons. The van der Waals surface area contributed by atoms with Crippen molar-refractivity contribution >= 4 is 34.9 Å². The van der Waals surface area contributed by atoms with Crippen molar-refractivity contribution < 1.29 is 0 Å². The molecule has 0 spiro atoms. The first-order valence-electron chi connectivity index (χ1n) is 5.04. The Hall–Kier alpha value is -1.61. The monoisotopic (exact) mass is 221 g/mol. The van der Waals surface area contributed by atoms with Crippen LogP contribution in [0.3, 0.4) is 0 Å². The molecule has 0 N–H and O–H groups in total. The van der Waals surface area contributed by atoms with Crippen LogP contribution in [-0.2, 0) is 0 Å². The molecule has 0 aliphatic rings. The van der Waals surface area contributed by atoms with E-state index in [0.29, 0.717) is 0 Å². The highest BCUT2D eigenvalue weighted by Gasteiger charge is 2.05. The minimum atomic E-state index is 0.788. The van der Waals surface area contributed by atoms with Crippen molar-refractivity contribution in [3.8, 4) is 10.6 Å². The molecule has 0 unspecified atom stereocenters. The van der Waals surface area contributed by atoms with Gasteiger partial charge in [-0.3, -0.25) is 0 Å². The van der Waals surface area contributed by atoms with Crippen molar-refractivity contribution in [2.45, 2.75) is 0 Å². The average molecular weight is 221 g/mol. The topological polar surface area (TPSA) is 12.9 Å². The molecule has 1 aromatic heterocycles. The zero-order valence-electron chi connectivity index (χ0n) is 8.55. The van der Waals surface area contributed by atoms with Gasteiger partial charge in [0, 0.05) is 5.56 Å². The summed E-state index contributed by atoms with van der Waals surface area (Å²) in [5, 5.41) is 1.04. The van der Waals surface area contributed by atoms with Gasteiger partial charge in [0.2, 0.25) is 0 Å². The maximum absolute atomic E-state index is 5.75. The number of nitrogens with zero attached hydrogens (tertiary/aromatic N) is 1. The van der Waals surface area contributed by atoms with E-state index in [-0.39, 0.29) is 0 Å². The first-order valence-corrected chi connectivity index (χ1v) is 5.86. The van der Waals surface area contributed by atoms with E-state index in [9.17, 15) is 0 Å². The fourth-order valence-electron chi connectivity index (χ4n) is 1.65. The van der Waals surface area contributed by atoms with E-state index >= 15 is 0 Å². The quantitative estimate of drug-likeness (QED) is 0.576. The van der Waals surface area contributed by atoms with Crippen LogP contribution in [0.1, 0.15) is 0 Å². The standard InChI is InChI=1S/C13H8BNS/c14-10-6-7-11-12(8-10)16-13(15-11)9-4-2-1-3-5-9/h1-8H. The minimum Gasteiger partial charge on any atom is -0.236 e. The molecule has 0 atom stereocenters. The molecule has 0 aliphatic carbocycles. The lowest BCUT2D eigenvalue weighted by atomic mass is 9.97. The first-order chi connectivity index (χ1) is 7.83. The maximum Gasteiger partial charge on any atom is 0.124 e. The zero-order chi connectivity index (χ0) is 11.0. The first kappa shape index (κ1) is 9.61. The van der Waals surface area contributed by atoms with Gasteiger partial charge in [-0.25, -0.2) is 4.98 Å². The molecule has 3 aromatic rings. The Morgan fingerprint density at radius 2 is 1.81 bits per heavy atom. The maximum atomic E-state index is 5.75. The second-order valence-electron chi connectivity index (χ2n) is 3.61. The molecule has 0 aliphatic heterocycles. The van der Waals surface area contributed by atoms with E-state index in [4.69, 9.17) is 7.85 Å². The highest BCUT2D eigenvalue weighted by molar-refractivity contribution is 7.21. The highest BCUT2D eigenvalue weighted by atomic mass is 32.1. The Morgan fingerprint density at radius 1 is 1.00 bits per heavy atom. The van der Waals surface area contributed by atoms with Gasteiger partial charge in [0.15, 0.2) is 0 Å². The van der Waals surface area contributed by atoms with Gasteiger partial charge in [0.1, 0.15) is 12.9 Å². The number of benzene rings is 2. The SMILES string of the molecule is [B]c1ccc2nc(-c3ccccc3)sc2c1. The third-order valence-electron chi connectivity index (χ3n) is 2.43. The van der Waals surface area contributed by atoms with Gasteiger partial charge in [-0.2, -0.15) is 0 Å². The van der Waals surface area contributed by atoms with Crippen LogP contribution in [0.25, 0.3) is 20.8 Å². The lowest BCUT2D eigenvalue weighted by molar-refractivity contribution is 1.48. The Kier molecular flexibility index (Phi) is 2.26. The molecule has 0 fully saturated rings. The third kappa shape index (κ3) is 1.63. The molecule has 0 amide bonds. The molecule has 1 nitrogen and oxygen atoms in total. The van der Waals surface area contributed by atoms with E-state index in [1.54, 1.807) is 11.3 Å². The number of aromatic nitrogens is 1. The van der Waals surface area contributed by atoms with Crippen LogP contribution >= 0.6 is 11.3 Å². The van der Waals surface area contributed by atoms with E-state index in [0.717, 1.165) is 26.3 Å². The Balaban J connectivity index is 2.19. The Morgan fingerprint density at radius 3 is 2.62 bits per heavy atom. The second-order valence-corrected chi connectivity index (χ2v) is 4.64. The van der Waals surface area contributed by atoms with Crippen LogP contribution < -0.4 is 5.46 Å². The van der Waals surface area contributed by atoms with E-state index in [1.807, 2.05) is 36.4 Å². The number of rotatable bonds is 1. The van der Waals surface area contributed by atoms with Crippen molar-refractivity contribution in [1.29, 1.82) is 0 Å². The molecule has 16 heavy (non-hydrogen) atoms. The number of hydrogen-bond acceptors (Lipinski definition) is 2. The van der Waals surface area contributed by atoms with Crippen molar-refractivity contribution in [1.82, 2.24) is 4.98 Å². The minimum absolute atomic E-state index is 0.788. The molecule has 2 aromatic carbocycles. The summed E-state index contributed by atoms with van der Waals surface area (Å²) in [6, 6.07) is 16.0. The zero-order valence-corrected chi connectivity index (χ0v) is 9.37. The molecule has 3 rings (SSSR count). The van der Waals surface area contributed by atoms with Crippen LogP contribution in [-0.4, -0.2) is 12.8 Å². The van der Waals surface area contributed by atoms with Crippen LogP contribution in [0.5, 0.6) is 0 Å². The Labute approximate surface area is 99.2 Å². The van der Waals surface area contributed by atoms with Crippen molar-refractivity contribution in [3.05, 3.63) is 48.5 Å². The van der Waals surface area contributed by atoms with Crippen molar-refractivity contribution in [3.63, 3.8) is 0 Å². The number of thiazole rings is 1. The average Bonchev–Trinajstić information content (AvgIpc) is 2.73. The third-order valence-corrected chi connectivity index (χ3v) is 3.50. The fraction of sp³-hybridized carbons (Fsp3) is 0. The summed E-state index contributed by atoms with van der Waals surface area (Å²) < 4.78 is 1.14. The predicted octanol–water partition coefficient (Wildman–Crippen LogP) is 2.76. The predicted molar refractivity (Wildman–Crippen MR) is 70.4 cm³/mol. The van der Waals surface area contributed by atoms with Gasteiger partial charge in [0.25, 0.3) is 0 Å². The smallest absolute Gasteiger partial charge is 0.124 e. The van der Waals surface area contributed by atoms with E-state index in [1.165, 1.54) is 0 Å². The van der Waals surface area contributed by atoms with Gasteiger partial charge in [-0.1, -0.05) is 41.9 Å². The van der Waals surface area contributed by atoms with Crippen LogP contribution in [0.4, 0.5) is 0 Å². The summed E-state index contributed by atoms with van der Waals surface area (Å²) in [5.41, 5.74) is 2.95. The summed E-state index contributed by atoms with van der Waals surface area (Å²) in [4.78, 5) is 4.59. The highest BCUT2D eigenvalue weighted by Crippen LogP contribution is 2.28. The summed E-state index contributed by atoms with van der Waals surface area (Å²) in [7, 11) is 5.75. The molecule has 0 bridgehead atoms. The van der Waals surface area contributed by atoms with Crippen LogP contribution in [0.15, 0.2) is 48.5 Å². The molecular weight excluding hydrogens is 213 g/mol. The van der Waals surface area contributed by atoms with Crippen LogP contribution in [0, 0.1) is 0 Å². The van der Waals surface area contributed by atoms with Gasteiger partial charge < -0.3 is 0 Å².